The zero-order chi connectivity index (χ0) is 15.2. The second-order valence-electron chi connectivity index (χ2n) is 4.85. The molecule has 0 aliphatic rings. The van der Waals surface area contributed by atoms with Gasteiger partial charge in [0.1, 0.15) is 18.2 Å². The molecule has 0 unspecified atom stereocenters. The van der Waals surface area contributed by atoms with Crippen LogP contribution >= 0.6 is 0 Å². The zero-order valence-electron chi connectivity index (χ0n) is 12.6. The summed E-state index contributed by atoms with van der Waals surface area (Å²) in [5, 5.41) is 6.66. The van der Waals surface area contributed by atoms with Crippen LogP contribution in [-0.4, -0.2) is 46.2 Å². The second kappa shape index (κ2) is 6.88. The van der Waals surface area contributed by atoms with Gasteiger partial charge in [-0.1, -0.05) is 19.1 Å². The van der Waals surface area contributed by atoms with Crippen LogP contribution in [0.2, 0.25) is 0 Å². The van der Waals surface area contributed by atoms with Crippen LogP contribution in [0.25, 0.3) is 0 Å². The lowest BCUT2D eigenvalue weighted by molar-refractivity contribution is 0.0762. The molecule has 0 saturated carbocycles. The molecule has 0 aliphatic heterocycles. The number of benzene rings is 1. The van der Waals surface area contributed by atoms with E-state index in [1.807, 2.05) is 38.1 Å². The van der Waals surface area contributed by atoms with Crippen molar-refractivity contribution in [2.45, 2.75) is 20.3 Å². The highest BCUT2D eigenvalue weighted by atomic mass is 16.5. The Bertz CT molecular complexity index is 609. The molecule has 112 valence electrons. The van der Waals surface area contributed by atoms with Crippen molar-refractivity contribution in [2.24, 2.45) is 0 Å². The number of aryl methyl sites for hydroxylation is 2. The third-order valence-corrected chi connectivity index (χ3v) is 3.09. The first kappa shape index (κ1) is 15.0. The van der Waals surface area contributed by atoms with Gasteiger partial charge in [-0.3, -0.25) is 9.89 Å². The van der Waals surface area contributed by atoms with E-state index >= 15 is 0 Å². The van der Waals surface area contributed by atoms with Gasteiger partial charge in [-0.25, -0.2) is 4.98 Å². The van der Waals surface area contributed by atoms with Crippen LogP contribution in [0.5, 0.6) is 5.75 Å². The number of ether oxygens (including phenoxy) is 1. The first-order valence-electron chi connectivity index (χ1n) is 6.96. The van der Waals surface area contributed by atoms with Crippen LogP contribution in [0.4, 0.5) is 0 Å². The molecule has 0 aliphatic carbocycles. The second-order valence-corrected chi connectivity index (χ2v) is 4.85. The molecule has 21 heavy (non-hydrogen) atoms. The molecule has 0 spiro atoms. The van der Waals surface area contributed by atoms with E-state index in [4.69, 9.17) is 4.74 Å². The van der Waals surface area contributed by atoms with Gasteiger partial charge < -0.3 is 9.64 Å². The van der Waals surface area contributed by atoms with E-state index in [9.17, 15) is 4.79 Å². The van der Waals surface area contributed by atoms with Crippen LogP contribution in [0.1, 0.15) is 28.9 Å². The number of carbonyl (C=O) groups excluding carboxylic acids is 1. The van der Waals surface area contributed by atoms with Crippen molar-refractivity contribution in [1.29, 1.82) is 0 Å². The highest BCUT2D eigenvalue weighted by Crippen LogP contribution is 2.12. The van der Waals surface area contributed by atoms with Gasteiger partial charge in [-0.2, -0.15) is 0 Å². The minimum Gasteiger partial charge on any atom is -0.492 e. The molecule has 2 rings (SSSR count). The van der Waals surface area contributed by atoms with Gasteiger partial charge in [-0.15, -0.1) is 5.10 Å². The number of aromatic nitrogens is 3. The van der Waals surface area contributed by atoms with Gasteiger partial charge in [-0.05, 0) is 24.6 Å². The molecule has 1 aromatic carbocycles. The number of hydrogen-bond acceptors (Lipinski definition) is 4. The van der Waals surface area contributed by atoms with Crippen LogP contribution in [0, 0.1) is 6.92 Å². The van der Waals surface area contributed by atoms with E-state index in [1.165, 1.54) is 0 Å². The quantitative estimate of drug-likeness (QED) is 0.880. The maximum absolute atomic E-state index is 12.1. The summed E-state index contributed by atoms with van der Waals surface area (Å²) < 4.78 is 5.63. The Labute approximate surface area is 124 Å². The SMILES string of the molecule is CCc1nc(C(=O)N(C)CCOc2cccc(C)c2)n[nH]1. The normalized spacial score (nSPS) is 10.4. The number of nitrogens with zero attached hydrogens (tertiary/aromatic N) is 3. The average Bonchev–Trinajstić information content (AvgIpc) is 2.95. The summed E-state index contributed by atoms with van der Waals surface area (Å²) in [6.07, 6.45) is 0.723. The fraction of sp³-hybridized carbons (Fsp3) is 0.400. The number of nitrogens with one attached hydrogen (secondary N) is 1. The molecule has 1 heterocycles. The molecule has 0 fully saturated rings. The summed E-state index contributed by atoms with van der Waals surface area (Å²) >= 11 is 0. The summed E-state index contributed by atoms with van der Waals surface area (Å²) in [5.41, 5.74) is 1.14. The van der Waals surface area contributed by atoms with Crippen molar-refractivity contribution in [3.05, 3.63) is 41.5 Å². The van der Waals surface area contributed by atoms with Crippen LogP contribution in [0.3, 0.4) is 0 Å². The Morgan fingerprint density at radius 2 is 2.24 bits per heavy atom. The topological polar surface area (TPSA) is 71.1 Å². The number of likely N-dealkylation sites (N-methyl/N-ethyl adjacent to an activating group) is 1. The van der Waals surface area contributed by atoms with Gasteiger partial charge in [0, 0.05) is 13.5 Å². The number of amides is 1. The van der Waals surface area contributed by atoms with Crippen molar-refractivity contribution in [2.75, 3.05) is 20.2 Å². The molecule has 6 heteroatoms. The molecule has 0 atom stereocenters. The van der Waals surface area contributed by atoms with E-state index < -0.39 is 0 Å². The molecule has 0 radical (unpaired) electrons. The lowest BCUT2D eigenvalue weighted by Crippen LogP contribution is -2.31. The predicted octanol–water partition coefficient (Wildman–Crippen LogP) is 1.83. The van der Waals surface area contributed by atoms with E-state index in [0.717, 1.165) is 17.7 Å². The lowest BCUT2D eigenvalue weighted by atomic mass is 10.2. The van der Waals surface area contributed by atoms with Gasteiger partial charge in [0.05, 0.1) is 6.54 Å². The summed E-state index contributed by atoms with van der Waals surface area (Å²) in [6.45, 7) is 4.87. The summed E-state index contributed by atoms with van der Waals surface area (Å²) in [6, 6.07) is 7.82. The van der Waals surface area contributed by atoms with E-state index in [-0.39, 0.29) is 11.7 Å². The third kappa shape index (κ3) is 4.05. The smallest absolute Gasteiger partial charge is 0.293 e. The third-order valence-electron chi connectivity index (χ3n) is 3.09. The molecule has 0 bridgehead atoms. The van der Waals surface area contributed by atoms with Crippen molar-refractivity contribution >= 4 is 5.91 Å². The van der Waals surface area contributed by atoms with Gasteiger partial charge in [0.15, 0.2) is 0 Å². The Hall–Kier alpha value is -2.37. The van der Waals surface area contributed by atoms with Gasteiger partial charge in [0.2, 0.25) is 5.82 Å². The highest BCUT2D eigenvalue weighted by molar-refractivity contribution is 5.90. The molecule has 6 nitrogen and oxygen atoms in total. The van der Waals surface area contributed by atoms with E-state index in [0.29, 0.717) is 19.0 Å². The van der Waals surface area contributed by atoms with Gasteiger partial charge >= 0.3 is 0 Å². The predicted molar refractivity (Wildman–Crippen MR) is 79.4 cm³/mol. The monoisotopic (exact) mass is 288 g/mol. The molecular formula is C15H20N4O2. The lowest BCUT2D eigenvalue weighted by Gasteiger charge is -2.15. The summed E-state index contributed by atoms with van der Waals surface area (Å²) in [5.74, 6) is 1.51. The standard InChI is InChI=1S/C15H20N4O2/c1-4-13-16-14(18-17-13)15(20)19(3)8-9-21-12-7-5-6-11(2)10-12/h5-7,10H,4,8-9H2,1-3H3,(H,16,17,18). The van der Waals surface area contributed by atoms with Crippen molar-refractivity contribution in [3.8, 4) is 5.75 Å². The fourth-order valence-corrected chi connectivity index (χ4v) is 1.83. The Kier molecular flexibility index (Phi) is 4.92. The Balaban J connectivity index is 1.84. The zero-order valence-corrected chi connectivity index (χ0v) is 12.6. The minimum atomic E-state index is -0.209. The Morgan fingerprint density at radius 1 is 1.43 bits per heavy atom. The summed E-state index contributed by atoms with van der Waals surface area (Å²) in [4.78, 5) is 17.8. The Morgan fingerprint density at radius 3 is 2.90 bits per heavy atom. The van der Waals surface area contributed by atoms with Crippen LogP contribution in [0.15, 0.2) is 24.3 Å². The van der Waals surface area contributed by atoms with Crippen molar-refractivity contribution < 1.29 is 9.53 Å². The first-order valence-corrected chi connectivity index (χ1v) is 6.96. The van der Waals surface area contributed by atoms with Crippen LogP contribution in [-0.2, 0) is 6.42 Å². The maximum atomic E-state index is 12.1. The van der Waals surface area contributed by atoms with E-state index in [2.05, 4.69) is 15.2 Å². The number of H-pyrrole nitrogens is 1. The maximum Gasteiger partial charge on any atom is 0.293 e. The van der Waals surface area contributed by atoms with Gasteiger partial charge in [0.25, 0.3) is 5.91 Å². The first-order chi connectivity index (χ1) is 10.1. The molecule has 1 N–H and O–H groups in total. The number of carbonyl (C=O) groups is 1. The highest BCUT2D eigenvalue weighted by Gasteiger charge is 2.16. The minimum absolute atomic E-state index is 0.199. The van der Waals surface area contributed by atoms with Crippen LogP contribution < -0.4 is 4.74 Å². The van der Waals surface area contributed by atoms with Crippen molar-refractivity contribution in [1.82, 2.24) is 20.1 Å². The average molecular weight is 288 g/mol. The number of rotatable bonds is 6. The number of aromatic amines is 1. The molecule has 1 aromatic heterocycles. The molecular weight excluding hydrogens is 268 g/mol. The molecule has 1 amide bonds. The van der Waals surface area contributed by atoms with E-state index in [1.54, 1.807) is 11.9 Å². The largest absolute Gasteiger partial charge is 0.492 e. The molecule has 0 saturated heterocycles. The summed E-state index contributed by atoms with van der Waals surface area (Å²) in [7, 11) is 1.71. The fourth-order valence-electron chi connectivity index (χ4n) is 1.83. The molecule has 2 aromatic rings. The van der Waals surface area contributed by atoms with Crippen molar-refractivity contribution in [3.63, 3.8) is 0 Å². The number of hydrogen-bond donors (Lipinski definition) is 1.